The largest absolute Gasteiger partial charge is 0.370 e. The van der Waals surface area contributed by atoms with Crippen LogP contribution in [0.4, 0.5) is 14.5 Å². The van der Waals surface area contributed by atoms with Crippen LogP contribution in [-0.2, 0) is 0 Å². The molecule has 5 nitrogen and oxygen atoms in total. The van der Waals surface area contributed by atoms with Crippen molar-refractivity contribution in [2.45, 2.75) is 0 Å². The van der Waals surface area contributed by atoms with Crippen LogP contribution in [0.25, 0.3) is 44.3 Å². The second-order valence-electron chi connectivity index (χ2n) is 8.52. The molecule has 0 atom stereocenters. The molecule has 0 saturated carbocycles. The molecular formula is C26H21F2N5. The van der Waals surface area contributed by atoms with Crippen molar-refractivity contribution in [3.63, 3.8) is 0 Å². The summed E-state index contributed by atoms with van der Waals surface area (Å²) in [5.74, 6) is -0.472. The summed E-state index contributed by atoms with van der Waals surface area (Å²) in [5.41, 5.74) is 10.00. The number of halogens is 2. The maximum Gasteiger partial charge on any atom is 0.153 e. The van der Waals surface area contributed by atoms with Crippen LogP contribution in [0.5, 0.6) is 0 Å². The first kappa shape index (κ1) is 19.8. The quantitative estimate of drug-likeness (QED) is 0.406. The standard InChI is InChI=1S/C26H21F2N5/c27-19-8-22(28)24-23(9-19)31-26(32-24)21-12-30-11-20(25(21)33-13-15(10-29)14-33)18-6-5-16-3-1-2-4-17(16)7-18/h1-9,11-12,15H,10,13-14,29H2,(H,31,32). The van der Waals surface area contributed by atoms with Crippen LogP contribution < -0.4 is 10.6 Å². The summed E-state index contributed by atoms with van der Waals surface area (Å²) in [7, 11) is 0. The van der Waals surface area contributed by atoms with E-state index in [1.165, 1.54) is 6.07 Å². The number of aromatic amines is 1. The van der Waals surface area contributed by atoms with Crippen LogP contribution in [0.3, 0.4) is 0 Å². The van der Waals surface area contributed by atoms with Crippen molar-refractivity contribution in [2.75, 3.05) is 24.5 Å². The van der Waals surface area contributed by atoms with E-state index in [1.54, 1.807) is 6.20 Å². The number of fused-ring (bicyclic) bond motifs is 2. The maximum atomic E-state index is 14.3. The highest BCUT2D eigenvalue weighted by molar-refractivity contribution is 5.94. The van der Waals surface area contributed by atoms with Crippen LogP contribution >= 0.6 is 0 Å². The van der Waals surface area contributed by atoms with E-state index in [-0.39, 0.29) is 5.52 Å². The minimum Gasteiger partial charge on any atom is -0.370 e. The second kappa shape index (κ2) is 7.64. The lowest BCUT2D eigenvalue weighted by Crippen LogP contribution is -2.50. The maximum absolute atomic E-state index is 14.3. The van der Waals surface area contributed by atoms with Gasteiger partial charge in [-0.05, 0) is 35.0 Å². The Morgan fingerprint density at radius 1 is 0.970 bits per heavy atom. The molecule has 7 heteroatoms. The van der Waals surface area contributed by atoms with Gasteiger partial charge in [0.1, 0.15) is 17.2 Å². The zero-order chi connectivity index (χ0) is 22.5. The third kappa shape index (κ3) is 3.32. The van der Waals surface area contributed by atoms with Crippen molar-refractivity contribution in [3.8, 4) is 22.5 Å². The Kier molecular flexibility index (Phi) is 4.58. The second-order valence-corrected chi connectivity index (χ2v) is 8.52. The summed E-state index contributed by atoms with van der Waals surface area (Å²) in [4.78, 5) is 14.3. The fraction of sp³-hybridized carbons (Fsp3) is 0.154. The van der Waals surface area contributed by atoms with Crippen molar-refractivity contribution < 1.29 is 8.78 Å². The normalized spacial score (nSPS) is 14.2. The fourth-order valence-corrected chi connectivity index (χ4v) is 4.61. The molecule has 0 amide bonds. The van der Waals surface area contributed by atoms with Gasteiger partial charge in [-0.25, -0.2) is 13.8 Å². The minimum atomic E-state index is -0.695. The molecule has 2 aromatic heterocycles. The zero-order valence-corrected chi connectivity index (χ0v) is 17.7. The first-order valence-electron chi connectivity index (χ1n) is 10.9. The number of hydrogen-bond donors (Lipinski definition) is 2. The summed E-state index contributed by atoms with van der Waals surface area (Å²) in [5, 5.41) is 2.30. The molecule has 3 heterocycles. The molecule has 33 heavy (non-hydrogen) atoms. The van der Waals surface area contributed by atoms with Gasteiger partial charge in [-0.1, -0.05) is 36.4 Å². The molecule has 0 aliphatic carbocycles. The number of H-pyrrole nitrogens is 1. The third-order valence-corrected chi connectivity index (χ3v) is 6.34. The van der Waals surface area contributed by atoms with Gasteiger partial charge in [-0.2, -0.15) is 0 Å². The number of benzene rings is 3. The highest BCUT2D eigenvalue weighted by Crippen LogP contribution is 2.42. The van der Waals surface area contributed by atoms with Crippen LogP contribution in [-0.4, -0.2) is 34.6 Å². The van der Waals surface area contributed by atoms with E-state index >= 15 is 0 Å². The van der Waals surface area contributed by atoms with Crippen LogP contribution in [0.15, 0.2) is 67.0 Å². The summed E-state index contributed by atoms with van der Waals surface area (Å²) in [6.07, 6.45) is 3.57. The van der Waals surface area contributed by atoms with Gasteiger partial charge in [0.2, 0.25) is 0 Å². The lowest BCUT2D eigenvalue weighted by atomic mass is 9.93. The van der Waals surface area contributed by atoms with E-state index < -0.39 is 11.6 Å². The van der Waals surface area contributed by atoms with Gasteiger partial charge in [-0.3, -0.25) is 4.98 Å². The Hall–Kier alpha value is -3.84. The number of nitrogens with one attached hydrogen (secondary N) is 1. The molecular weight excluding hydrogens is 420 g/mol. The predicted molar refractivity (Wildman–Crippen MR) is 127 cm³/mol. The van der Waals surface area contributed by atoms with Gasteiger partial charge >= 0.3 is 0 Å². The molecule has 3 aromatic carbocycles. The minimum absolute atomic E-state index is 0.108. The fourth-order valence-electron chi connectivity index (χ4n) is 4.61. The van der Waals surface area contributed by atoms with Crippen molar-refractivity contribution in [3.05, 3.63) is 78.6 Å². The molecule has 6 rings (SSSR count). The molecule has 1 aliphatic heterocycles. The lowest BCUT2D eigenvalue weighted by Gasteiger charge is -2.42. The Bertz CT molecular complexity index is 1500. The molecule has 1 aliphatic rings. The Labute approximate surface area is 188 Å². The van der Waals surface area contributed by atoms with Crippen molar-refractivity contribution >= 4 is 27.5 Å². The number of pyridine rings is 1. The number of nitrogens with two attached hydrogens (primary N) is 1. The van der Waals surface area contributed by atoms with E-state index in [4.69, 9.17) is 5.73 Å². The summed E-state index contributed by atoms with van der Waals surface area (Å²) in [6.45, 7) is 2.26. The van der Waals surface area contributed by atoms with E-state index in [9.17, 15) is 8.78 Å². The van der Waals surface area contributed by atoms with Crippen LogP contribution in [0.2, 0.25) is 0 Å². The van der Waals surface area contributed by atoms with Gasteiger partial charge in [0.15, 0.2) is 5.82 Å². The first-order chi connectivity index (χ1) is 16.1. The van der Waals surface area contributed by atoms with Crippen molar-refractivity contribution in [2.24, 2.45) is 11.7 Å². The third-order valence-electron chi connectivity index (χ3n) is 6.34. The van der Waals surface area contributed by atoms with Crippen LogP contribution in [0.1, 0.15) is 0 Å². The van der Waals surface area contributed by atoms with E-state index in [0.29, 0.717) is 23.8 Å². The van der Waals surface area contributed by atoms with Gasteiger partial charge < -0.3 is 15.6 Å². The smallest absolute Gasteiger partial charge is 0.153 e. The SMILES string of the molecule is NCC1CN(c2c(-c3ccc4ccccc4c3)cncc2-c2nc3c(F)cc(F)cc3[nH]2)C1. The molecule has 0 spiro atoms. The Morgan fingerprint density at radius 2 is 1.76 bits per heavy atom. The van der Waals surface area contributed by atoms with Gasteiger partial charge in [0.05, 0.1) is 16.8 Å². The molecule has 1 saturated heterocycles. The van der Waals surface area contributed by atoms with Crippen LogP contribution in [0, 0.1) is 17.6 Å². The highest BCUT2D eigenvalue weighted by atomic mass is 19.1. The number of anilines is 1. The van der Waals surface area contributed by atoms with Gasteiger partial charge in [-0.15, -0.1) is 0 Å². The zero-order valence-electron chi connectivity index (χ0n) is 17.7. The molecule has 0 bridgehead atoms. The van der Waals surface area contributed by atoms with E-state index in [1.807, 2.05) is 18.3 Å². The average Bonchev–Trinajstić information content (AvgIpc) is 3.22. The van der Waals surface area contributed by atoms with Gasteiger partial charge in [0, 0.05) is 43.0 Å². The molecule has 0 unspecified atom stereocenters. The van der Waals surface area contributed by atoms with E-state index in [0.717, 1.165) is 52.3 Å². The number of aromatic nitrogens is 3. The average molecular weight is 441 g/mol. The Morgan fingerprint density at radius 3 is 2.58 bits per heavy atom. The molecule has 3 N–H and O–H groups in total. The topological polar surface area (TPSA) is 70.8 Å². The lowest BCUT2D eigenvalue weighted by molar-refractivity contribution is 0.421. The number of rotatable bonds is 4. The molecule has 164 valence electrons. The summed E-state index contributed by atoms with van der Waals surface area (Å²) in [6, 6.07) is 16.6. The van der Waals surface area contributed by atoms with Gasteiger partial charge in [0.25, 0.3) is 0 Å². The predicted octanol–water partition coefficient (Wildman–Crippen LogP) is 5.12. The summed E-state index contributed by atoms with van der Waals surface area (Å²) < 4.78 is 28.1. The number of nitrogens with zero attached hydrogens (tertiary/aromatic N) is 3. The highest BCUT2D eigenvalue weighted by Gasteiger charge is 2.30. The molecule has 0 radical (unpaired) electrons. The van der Waals surface area contributed by atoms with Crippen molar-refractivity contribution in [1.82, 2.24) is 15.0 Å². The molecule has 1 fully saturated rings. The summed E-state index contributed by atoms with van der Waals surface area (Å²) >= 11 is 0. The van der Waals surface area contributed by atoms with Crippen molar-refractivity contribution in [1.29, 1.82) is 0 Å². The van der Waals surface area contributed by atoms with E-state index in [2.05, 4.69) is 50.2 Å². The Balaban J connectivity index is 1.55. The molecule has 5 aromatic rings. The number of imidazole rings is 1. The first-order valence-corrected chi connectivity index (χ1v) is 10.9. The number of hydrogen-bond acceptors (Lipinski definition) is 4. The monoisotopic (exact) mass is 441 g/mol.